The van der Waals surface area contributed by atoms with Gasteiger partial charge in [0, 0.05) is 16.1 Å². The molecule has 0 saturated carbocycles. The van der Waals surface area contributed by atoms with E-state index in [1.807, 2.05) is 67.6 Å². The molecule has 7 heteroatoms. The van der Waals surface area contributed by atoms with Gasteiger partial charge in [-0.3, -0.25) is 0 Å². The largest absolute Gasteiger partial charge is 0.459 e. The quantitative estimate of drug-likeness (QED) is 0.433. The number of benzene rings is 2. The number of rotatable bonds is 5. The molecule has 0 spiro atoms. The molecule has 27 heavy (non-hydrogen) atoms. The zero-order valence-corrected chi connectivity index (χ0v) is 16.1. The Balaban J connectivity index is 1.54. The van der Waals surface area contributed by atoms with Crippen molar-refractivity contribution in [1.82, 2.24) is 14.9 Å². The van der Waals surface area contributed by atoms with Crippen molar-refractivity contribution in [2.45, 2.75) is 13.5 Å². The summed E-state index contributed by atoms with van der Waals surface area (Å²) < 4.78 is 8.19. The van der Waals surface area contributed by atoms with Crippen molar-refractivity contribution in [3.05, 3.63) is 81.8 Å². The van der Waals surface area contributed by atoms with E-state index in [0.29, 0.717) is 11.3 Å². The monoisotopic (exact) mass is 396 g/mol. The predicted octanol–water partition coefficient (Wildman–Crippen LogP) is 5.57. The van der Waals surface area contributed by atoms with E-state index in [4.69, 9.17) is 28.2 Å². The van der Waals surface area contributed by atoms with Crippen molar-refractivity contribution >= 4 is 23.8 Å². The van der Waals surface area contributed by atoms with Gasteiger partial charge in [-0.15, -0.1) is 0 Å². The third-order valence-corrected chi connectivity index (χ3v) is 4.91. The molecule has 136 valence electrons. The molecule has 4 aromatic rings. The number of hydrogen-bond acceptors (Lipinski definition) is 4. The fourth-order valence-electron chi connectivity index (χ4n) is 2.76. The summed E-state index contributed by atoms with van der Waals surface area (Å²) in [5.74, 6) is 2.27. The van der Waals surface area contributed by atoms with Crippen molar-refractivity contribution in [3.8, 4) is 22.7 Å². The summed E-state index contributed by atoms with van der Waals surface area (Å²) >= 11 is 11.5. The average Bonchev–Trinajstić information content (AvgIpc) is 3.30. The molecule has 0 aliphatic rings. The first kappa shape index (κ1) is 17.6. The number of aromatic amines is 1. The zero-order chi connectivity index (χ0) is 18.8. The first-order valence-corrected chi connectivity index (χ1v) is 9.22. The van der Waals surface area contributed by atoms with Crippen LogP contribution in [0, 0.1) is 11.7 Å². The van der Waals surface area contributed by atoms with Crippen LogP contribution in [0.15, 0.2) is 65.1 Å². The van der Waals surface area contributed by atoms with Crippen molar-refractivity contribution in [2.75, 3.05) is 5.43 Å². The summed E-state index contributed by atoms with van der Waals surface area (Å²) in [6.07, 6.45) is 0. The fraction of sp³-hybridized carbons (Fsp3) is 0.100. The maximum Gasteiger partial charge on any atom is 0.214 e. The molecule has 0 unspecified atom stereocenters. The predicted molar refractivity (Wildman–Crippen MR) is 110 cm³/mol. The summed E-state index contributed by atoms with van der Waals surface area (Å²) in [5.41, 5.74) is 6.21. The van der Waals surface area contributed by atoms with Crippen molar-refractivity contribution in [2.24, 2.45) is 0 Å². The van der Waals surface area contributed by atoms with E-state index in [2.05, 4.69) is 15.6 Å². The van der Waals surface area contributed by atoms with Crippen LogP contribution in [0.4, 0.5) is 0 Å². The highest BCUT2D eigenvalue weighted by Gasteiger charge is 2.10. The molecule has 0 aliphatic carbocycles. The molecule has 4 rings (SSSR count). The minimum Gasteiger partial charge on any atom is -0.459 e. The minimum atomic E-state index is 0.466. The van der Waals surface area contributed by atoms with Crippen LogP contribution in [0.25, 0.3) is 22.7 Å². The third-order valence-electron chi connectivity index (χ3n) is 4.23. The molecule has 0 atom stereocenters. The highest BCUT2D eigenvalue weighted by atomic mass is 35.5. The molecular formula is C20H17ClN4OS. The van der Waals surface area contributed by atoms with Crippen molar-refractivity contribution in [1.29, 1.82) is 0 Å². The maximum atomic E-state index is 6.21. The molecule has 0 fully saturated rings. The highest BCUT2D eigenvalue weighted by Crippen LogP contribution is 2.27. The van der Waals surface area contributed by atoms with Crippen molar-refractivity contribution in [3.63, 3.8) is 0 Å². The second-order valence-corrected chi connectivity index (χ2v) is 6.91. The number of H-pyrrole nitrogens is 1. The van der Waals surface area contributed by atoms with Crippen LogP contribution in [0.2, 0.25) is 5.02 Å². The van der Waals surface area contributed by atoms with E-state index >= 15 is 0 Å². The van der Waals surface area contributed by atoms with E-state index in [1.165, 1.54) is 0 Å². The van der Waals surface area contributed by atoms with Gasteiger partial charge in [0.2, 0.25) is 4.77 Å². The molecule has 5 nitrogen and oxygen atoms in total. The Kier molecular flexibility index (Phi) is 4.83. The molecule has 2 N–H and O–H groups in total. The Hall–Kier alpha value is -2.83. The molecule has 2 heterocycles. The normalized spacial score (nSPS) is 10.9. The van der Waals surface area contributed by atoms with E-state index in [9.17, 15) is 0 Å². The highest BCUT2D eigenvalue weighted by molar-refractivity contribution is 7.71. The molecule has 2 aromatic carbocycles. The first-order valence-electron chi connectivity index (χ1n) is 8.44. The molecule has 2 aromatic heterocycles. The van der Waals surface area contributed by atoms with E-state index < -0.39 is 0 Å². The Morgan fingerprint density at radius 3 is 2.70 bits per heavy atom. The van der Waals surface area contributed by atoms with Gasteiger partial charge in [-0.25, -0.2) is 9.77 Å². The van der Waals surface area contributed by atoms with Gasteiger partial charge in [0.15, 0.2) is 5.82 Å². The lowest BCUT2D eigenvalue weighted by Crippen LogP contribution is -2.15. The lowest BCUT2D eigenvalue weighted by atomic mass is 10.1. The molecule has 0 bridgehead atoms. The number of hydrogen-bond donors (Lipinski definition) is 2. The minimum absolute atomic E-state index is 0.466. The number of nitrogens with zero attached hydrogens (tertiary/aromatic N) is 2. The van der Waals surface area contributed by atoms with Gasteiger partial charge in [0.05, 0.1) is 6.54 Å². The van der Waals surface area contributed by atoms with E-state index in [-0.39, 0.29) is 0 Å². The summed E-state index contributed by atoms with van der Waals surface area (Å²) in [6, 6.07) is 19.6. The lowest BCUT2D eigenvalue weighted by molar-refractivity contribution is 0.523. The Bertz CT molecular complexity index is 1130. The number of aryl methyl sites for hydroxylation is 1. The van der Waals surface area contributed by atoms with E-state index in [1.54, 1.807) is 4.68 Å². The Labute approximate surface area is 166 Å². The lowest BCUT2D eigenvalue weighted by Gasteiger charge is -2.08. The summed E-state index contributed by atoms with van der Waals surface area (Å²) in [6.45, 7) is 2.44. The summed E-state index contributed by atoms with van der Waals surface area (Å²) in [4.78, 5) is 0. The van der Waals surface area contributed by atoms with Gasteiger partial charge in [-0.2, -0.15) is 5.10 Å². The van der Waals surface area contributed by atoms with Crippen LogP contribution < -0.4 is 5.43 Å². The van der Waals surface area contributed by atoms with Gasteiger partial charge >= 0.3 is 0 Å². The molecule has 0 saturated heterocycles. The van der Waals surface area contributed by atoms with Gasteiger partial charge in [-0.05, 0) is 42.9 Å². The summed E-state index contributed by atoms with van der Waals surface area (Å²) in [7, 11) is 0. The molecule has 0 radical (unpaired) electrons. The fourth-order valence-corrected chi connectivity index (χ4v) is 3.13. The number of aromatic nitrogens is 3. The number of halogens is 1. The van der Waals surface area contributed by atoms with Crippen LogP contribution in [0.3, 0.4) is 0 Å². The van der Waals surface area contributed by atoms with Crippen LogP contribution in [-0.2, 0) is 6.54 Å². The Morgan fingerprint density at radius 1 is 1.11 bits per heavy atom. The first-order chi connectivity index (χ1) is 13.1. The van der Waals surface area contributed by atoms with Crippen LogP contribution in [-0.4, -0.2) is 14.9 Å². The van der Waals surface area contributed by atoms with Gasteiger partial charge in [0.25, 0.3) is 0 Å². The van der Waals surface area contributed by atoms with Gasteiger partial charge in [-0.1, -0.05) is 54.1 Å². The smallest absolute Gasteiger partial charge is 0.214 e. The second-order valence-electron chi connectivity index (χ2n) is 6.12. The third kappa shape index (κ3) is 3.67. The maximum absolute atomic E-state index is 6.21. The van der Waals surface area contributed by atoms with E-state index in [0.717, 1.165) is 39.1 Å². The molecule has 0 amide bonds. The average molecular weight is 397 g/mol. The Morgan fingerprint density at radius 2 is 1.93 bits per heavy atom. The summed E-state index contributed by atoms with van der Waals surface area (Å²) in [5, 5.41) is 7.85. The second kappa shape index (κ2) is 7.42. The standard InChI is InChI=1S/C20H17ClN4OS/c1-13-7-8-15(11-17(13)21)18-10-9-16(26-18)12-22-25-19(23-24-20(25)27)14-5-3-2-4-6-14/h2-11,22H,12H2,1H3,(H,24,27). The SMILES string of the molecule is Cc1ccc(-c2ccc(CNn3c(-c4ccccc4)n[nH]c3=S)o2)cc1Cl. The van der Waals surface area contributed by atoms with Crippen LogP contribution >= 0.6 is 23.8 Å². The van der Waals surface area contributed by atoms with Gasteiger partial charge < -0.3 is 9.84 Å². The van der Waals surface area contributed by atoms with Crippen molar-refractivity contribution < 1.29 is 4.42 Å². The van der Waals surface area contributed by atoms with Crippen LogP contribution in [0.1, 0.15) is 11.3 Å². The van der Waals surface area contributed by atoms with Crippen LogP contribution in [0.5, 0.6) is 0 Å². The van der Waals surface area contributed by atoms with Gasteiger partial charge in [0.1, 0.15) is 11.5 Å². The topological polar surface area (TPSA) is 58.8 Å². The number of furan rings is 1. The zero-order valence-electron chi connectivity index (χ0n) is 14.6. The molecule has 0 aliphatic heterocycles. The molecular weight excluding hydrogens is 380 g/mol. The number of nitrogens with one attached hydrogen (secondary N) is 2.